The van der Waals surface area contributed by atoms with E-state index in [1.807, 2.05) is 31.2 Å². The number of ether oxygens (including phenoxy) is 2. The van der Waals surface area contributed by atoms with Crippen LogP contribution in [0.1, 0.15) is 40.1 Å². The van der Waals surface area contributed by atoms with Crippen molar-refractivity contribution in [2.75, 3.05) is 0 Å². The van der Waals surface area contributed by atoms with Gasteiger partial charge < -0.3 is 9.47 Å². The van der Waals surface area contributed by atoms with Crippen molar-refractivity contribution in [1.82, 2.24) is 0 Å². The van der Waals surface area contributed by atoms with Crippen molar-refractivity contribution in [2.24, 2.45) is 0 Å². The average Bonchev–Trinajstić information content (AvgIpc) is 3.04. The minimum atomic E-state index is -0.252. The number of rotatable bonds is 2. The number of hydrogen-bond acceptors (Lipinski definition) is 5. The minimum absolute atomic E-state index is 0.180. The first-order valence-corrected chi connectivity index (χ1v) is 11.1. The molecule has 0 spiro atoms. The number of thioether (sulfide) groups is 1. The Kier molecular flexibility index (Phi) is 5.16. The lowest BCUT2D eigenvalue weighted by atomic mass is 10.0. The zero-order chi connectivity index (χ0) is 23.1. The molecule has 160 valence electrons. The molecular weight excluding hydrogens is 432 g/mol. The molecule has 2 aromatic carbocycles. The van der Waals surface area contributed by atoms with Gasteiger partial charge in [-0.05, 0) is 73.1 Å². The van der Waals surface area contributed by atoms with Gasteiger partial charge in [-0.1, -0.05) is 42.5 Å². The molecule has 3 aliphatic rings. The molecule has 33 heavy (non-hydrogen) atoms. The highest BCUT2D eigenvalue weighted by atomic mass is 32.2. The third kappa shape index (κ3) is 3.75. The molecule has 1 aliphatic carbocycles. The van der Waals surface area contributed by atoms with Crippen LogP contribution in [-0.2, 0) is 4.74 Å². The third-order valence-corrected chi connectivity index (χ3v) is 6.55. The van der Waals surface area contributed by atoms with Crippen molar-refractivity contribution >= 4 is 28.9 Å². The number of Topliss-reactive ketones (excluding diaryl/α,β-unsaturated/α-hetero) is 2. The van der Waals surface area contributed by atoms with E-state index in [-0.39, 0.29) is 17.1 Å². The Morgan fingerprint density at radius 3 is 2.39 bits per heavy atom. The Hall–Kier alpha value is -4.01. The second-order valence-electron chi connectivity index (χ2n) is 7.79. The molecule has 5 heteroatoms. The largest absolute Gasteiger partial charge is 0.462 e. The van der Waals surface area contributed by atoms with E-state index < -0.39 is 0 Å². The smallest absolute Gasteiger partial charge is 0.198 e. The van der Waals surface area contributed by atoms with E-state index in [1.54, 1.807) is 55.1 Å². The van der Waals surface area contributed by atoms with Crippen LogP contribution in [0.4, 0.5) is 0 Å². The molecule has 0 atom stereocenters. The number of ketones is 2. The summed E-state index contributed by atoms with van der Waals surface area (Å²) in [4.78, 5) is 27.9. The van der Waals surface area contributed by atoms with E-state index in [4.69, 9.17) is 15.9 Å². The molecule has 0 unspecified atom stereocenters. The van der Waals surface area contributed by atoms with Crippen molar-refractivity contribution < 1.29 is 19.1 Å². The predicted octanol–water partition coefficient (Wildman–Crippen LogP) is 6.24. The Balaban J connectivity index is 1.53. The number of carbonyl (C=O) groups is 2. The van der Waals surface area contributed by atoms with E-state index in [9.17, 15) is 9.59 Å². The number of terminal acetylenes is 1. The first-order chi connectivity index (χ1) is 15.9. The van der Waals surface area contributed by atoms with E-state index >= 15 is 0 Å². The van der Waals surface area contributed by atoms with E-state index in [2.05, 4.69) is 12.2 Å². The summed E-state index contributed by atoms with van der Waals surface area (Å²) in [6.07, 6.45) is 14.9. The van der Waals surface area contributed by atoms with Crippen LogP contribution in [0.15, 0.2) is 99.2 Å². The molecule has 0 saturated carbocycles. The zero-order valence-corrected chi connectivity index (χ0v) is 18.8. The lowest BCUT2D eigenvalue weighted by Gasteiger charge is -2.19. The highest BCUT2D eigenvalue weighted by Gasteiger charge is 2.35. The van der Waals surface area contributed by atoms with Gasteiger partial charge in [0, 0.05) is 20.9 Å². The van der Waals surface area contributed by atoms with Crippen LogP contribution in [0.3, 0.4) is 0 Å². The molecule has 5 rings (SSSR count). The fourth-order valence-electron chi connectivity index (χ4n) is 4.09. The number of allylic oxidation sites excluding steroid dienone is 8. The SMILES string of the molecule is C#COc1ccc2c(c1)SC(=CC1=CC(=C3C(=O)c4ccccc4C3=O)C=C(C)O1)C=C2C. The molecule has 0 saturated heterocycles. The van der Waals surface area contributed by atoms with Gasteiger partial charge in [0.05, 0.1) is 5.57 Å². The van der Waals surface area contributed by atoms with Crippen molar-refractivity contribution in [3.05, 3.63) is 111 Å². The number of hydrogen-bond donors (Lipinski definition) is 0. The standard InChI is InChI=1S/C28H18O4S/c1-4-31-19-9-10-22-16(2)11-21(33-25(22)15-19)14-20-13-18(12-17(3)32-20)26-27(29)23-7-5-6-8-24(23)28(26)30/h1,5-15H,2-3H3. The lowest BCUT2D eigenvalue weighted by molar-refractivity contribution is 0.0988. The summed E-state index contributed by atoms with van der Waals surface area (Å²) in [5.74, 6) is 1.26. The van der Waals surface area contributed by atoms with Gasteiger partial charge in [-0.2, -0.15) is 0 Å². The molecule has 2 aromatic rings. The molecule has 4 nitrogen and oxygen atoms in total. The number of benzene rings is 2. The molecular formula is C28H18O4S. The van der Waals surface area contributed by atoms with Gasteiger partial charge in [0.15, 0.2) is 11.6 Å². The van der Waals surface area contributed by atoms with Crippen LogP contribution in [0.25, 0.3) is 5.57 Å². The summed E-state index contributed by atoms with van der Waals surface area (Å²) in [5, 5.41) is 0. The van der Waals surface area contributed by atoms with Gasteiger partial charge in [0.1, 0.15) is 23.4 Å². The first-order valence-electron chi connectivity index (χ1n) is 10.3. The van der Waals surface area contributed by atoms with Gasteiger partial charge in [-0.3, -0.25) is 9.59 Å². The predicted molar refractivity (Wildman–Crippen MR) is 129 cm³/mol. The summed E-state index contributed by atoms with van der Waals surface area (Å²) in [6.45, 7) is 3.84. The van der Waals surface area contributed by atoms with Crippen LogP contribution < -0.4 is 4.74 Å². The van der Waals surface area contributed by atoms with Crippen LogP contribution in [-0.4, -0.2) is 11.6 Å². The molecule has 0 bridgehead atoms. The lowest BCUT2D eigenvalue weighted by Crippen LogP contribution is -2.07. The Morgan fingerprint density at radius 2 is 1.70 bits per heavy atom. The summed E-state index contributed by atoms with van der Waals surface area (Å²) >= 11 is 1.57. The molecule has 0 N–H and O–H groups in total. The average molecular weight is 451 g/mol. The van der Waals surface area contributed by atoms with Crippen molar-refractivity contribution in [3.8, 4) is 18.3 Å². The zero-order valence-electron chi connectivity index (χ0n) is 18.0. The van der Waals surface area contributed by atoms with Crippen LogP contribution in [0.5, 0.6) is 5.75 Å². The number of fused-ring (bicyclic) bond motifs is 2. The fourth-order valence-corrected chi connectivity index (χ4v) is 5.27. The summed E-state index contributed by atoms with van der Waals surface area (Å²) in [5.41, 5.74) is 3.83. The van der Waals surface area contributed by atoms with Crippen LogP contribution in [0, 0.1) is 12.5 Å². The molecule has 0 amide bonds. The second kappa shape index (κ2) is 8.16. The number of carbonyl (C=O) groups excluding carboxylic acids is 2. The topological polar surface area (TPSA) is 52.6 Å². The van der Waals surface area contributed by atoms with E-state index in [1.165, 1.54) is 0 Å². The highest BCUT2D eigenvalue weighted by molar-refractivity contribution is 8.03. The quantitative estimate of drug-likeness (QED) is 0.308. The molecule has 0 aromatic heterocycles. The summed E-state index contributed by atoms with van der Waals surface area (Å²) in [6, 6.07) is 12.6. The monoisotopic (exact) mass is 450 g/mol. The van der Waals surface area contributed by atoms with Crippen molar-refractivity contribution in [2.45, 2.75) is 18.7 Å². The fraction of sp³-hybridized carbons (Fsp3) is 0.0714. The molecule has 2 heterocycles. The highest BCUT2D eigenvalue weighted by Crippen LogP contribution is 2.42. The Bertz CT molecular complexity index is 1400. The third-order valence-electron chi connectivity index (χ3n) is 5.52. The van der Waals surface area contributed by atoms with E-state index in [0.29, 0.717) is 34.0 Å². The van der Waals surface area contributed by atoms with Gasteiger partial charge in [0.2, 0.25) is 0 Å². The Morgan fingerprint density at radius 1 is 0.970 bits per heavy atom. The maximum atomic E-state index is 12.9. The van der Waals surface area contributed by atoms with Crippen LogP contribution in [0.2, 0.25) is 0 Å². The van der Waals surface area contributed by atoms with Gasteiger partial charge in [0.25, 0.3) is 0 Å². The maximum Gasteiger partial charge on any atom is 0.198 e. The summed E-state index contributed by atoms with van der Waals surface area (Å²) in [7, 11) is 0. The van der Waals surface area contributed by atoms with Crippen molar-refractivity contribution in [1.29, 1.82) is 0 Å². The first kappa shape index (κ1) is 20.9. The van der Waals surface area contributed by atoms with Crippen molar-refractivity contribution in [3.63, 3.8) is 0 Å². The van der Waals surface area contributed by atoms with Gasteiger partial charge in [-0.15, -0.1) is 0 Å². The molecule has 2 aliphatic heterocycles. The Labute approximate surface area is 196 Å². The minimum Gasteiger partial charge on any atom is -0.462 e. The normalized spacial score (nSPS) is 18.1. The van der Waals surface area contributed by atoms with Gasteiger partial charge in [-0.25, -0.2) is 0 Å². The molecule has 0 fully saturated rings. The van der Waals surface area contributed by atoms with E-state index in [0.717, 1.165) is 20.9 Å². The van der Waals surface area contributed by atoms with Crippen LogP contribution >= 0.6 is 11.8 Å². The van der Waals surface area contributed by atoms with Gasteiger partial charge >= 0.3 is 0 Å². The summed E-state index contributed by atoms with van der Waals surface area (Å²) < 4.78 is 11.1. The second-order valence-corrected chi connectivity index (χ2v) is 8.91. The molecule has 0 radical (unpaired) electrons. The maximum absolute atomic E-state index is 12.9.